The number of nitrogens with zero attached hydrogens (tertiary/aromatic N) is 1. The molecule has 180 valence electrons. The predicted molar refractivity (Wildman–Crippen MR) is 136 cm³/mol. The maximum absolute atomic E-state index is 13.1. The number of aromatic nitrogens is 1. The van der Waals surface area contributed by atoms with Crippen LogP contribution in [0.15, 0.2) is 42.5 Å². The van der Waals surface area contributed by atoms with Gasteiger partial charge in [-0.15, -0.1) is 0 Å². The molecule has 1 N–H and O–H groups in total. The molecule has 3 aromatic rings. The Morgan fingerprint density at radius 1 is 1.09 bits per heavy atom. The smallest absolute Gasteiger partial charge is 0.340 e. The molecule has 34 heavy (non-hydrogen) atoms. The highest BCUT2D eigenvalue weighted by Gasteiger charge is 2.25. The lowest BCUT2D eigenvalue weighted by atomic mass is 9.80. The Labute approximate surface area is 202 Å². The average molecular weight is 461 g/mol. The Hall–Kier alpha value is -2.79. The Kier molecular flexibility index (Phi) is 6.64. The topological polar surface area (TPSA) is 54.6 Å². The Balaban J connectivity index is 1.29. The summed E-state index contributed by atoms with van der Waals surface area (Å²) >= 11 is 0. The van der Waals surface area contributed by atoms with Crippen LogP contribution in [0.25, 0.3) is 10.9 Å². The molecule has 0 amide bonds. The molecule has 5 rings (SSSR count). The number of H-pyrrole nitrogens is 1. The lowest BCUT2D eigenvalue weighted by Crippen LogP contribution is -2.41. The van der Waals surface area contributed by atoms with Crippen LogP contribution in [0.3, 0.4) is 0 Å². The Bertz CT molecular complexity index is 1160. The van der Waals surface area contributed by atoms with Gasteiger partial charge in [0.05, 0.1) is 5.56 Å². The molecule has 1 saturated carbocycles. The van der Waals surface area contributed by atoms with Crippen LogP contribution in [0.2, 0.25) is 0 Å². The van der Waals surface area contributed by atoms with Crippen molar-refractivity contribution >= 4 is 16.9 Å². The number of carbonyl (C=O) groups is 1. The van der Waals surface area contributed by atoms with Gasteiger partial charge in [0, 0.05) is 22.6 Å². The van der Waals surface area contributed by atoms with Crippen molar-refractivity contribution in [1.82, 2.24) is 9.88 Å². The fourth-order valence-electron chi connectivity index (χ4n) is 5.30. The van der Waals surface area contributed by atoms with Gasteiger partial charge in [-0.1, -0.05) is 30.7 Å². The van der Waals surface area contributed by atoms with Gasteiger partial charge < -0.3 is 14.5 Å². The minimum atomic E-state index is -0.298. The molecular weight excluding hydrogens is 424 g/mol. The van der Waals surface area contributed by atoms with Gasteiger partial charge in [0.15, 0.2) is 0 Å². The molecule has 0 spiro atoms. The summed E-state index contributed by atoms with van der Waals surface area (Å²) in [5, 5.41) is 0.851. The van der Waals surface area contributed by atoms with Crippen LogP contribution in [0.5, 0.6) is 5.75 Å². The number of likely N-dealkylation sites (tertiary alicyclic amines) is 1. The number of hydrogen-bond donors (Lipinski definition) is 1. The van der Waals surface area contributed by atoms with Crippen molar-refractivity contribution in [2.45, 2.75) is 77.5 Å². The van der Waals surface area contributed by atoms with Crippen LogP contribution < -0.4 is 4.74 Å². The summed E-state index contributed by atoms with van der Waals surface area (Å²) in [6.45, 7) is 8.85. The van der Waals surface area contributed by atoms with E-state index in [1.807, 2.05) is 31.2 Å². The number of ether oxygens (including phenoxy) is 2. The highest BCUT2D eigenvalue weighted by molar-refractivity contribution is 6.05. The molecule has 2 heterocycles. The number of esters is 1. The van der Waals surface area contributed by atoms with E-state index in [2.05, 4.69) is 41.9 Å². The zero-order valence-corrected chi connectivity index (χ0v) is 20.6. The summed E-state index contributed by atoms with van der Waals surface area (Å²) in [6, 6.07) is 14.8. The monoisotopic (exact) mass is 460 g/mol. The molecule has 2 aliphatic rings. The lowest BCUT2D eigenvalue weighted by Gasteiger charge is -2.29. The summed E-state index contributed by atoms with van der Waals surface area (Å²) in [5.41, 5.74) is 4.74. The second kappa shape index (κ2) is 9.83. The van der Waals surface area contributed by atoms with E-state index in [1.165, 1.54) is 37.7 Å². The number of nitrogens with one attached hydrogen (secondary N) is 1. The molecule has 1 aromatic heterocycles. The molecule has 0 bridgehead atoms. The first-order chi connectivity index (χ1) is 16.5. The van der Waals surface area contributed by atoms with Crippen molar-refractivity contribution in [3.63, 3.8) is 0 Å². The maximum Gasteiger partial charge on any atom is 0.340 e. The molecule has 2 unspecified atom stereocenters. The van der Waals surface area contributed by atoms with Crippen molar-refractivity contribution < 1.29 is 14.3 Å². The molecule has 2 atom stereocenters. The fourth-order valence-corrected chi connectivity index (χ4v) is 5.30. The lowest BCUT2D eigenvalue weighted by molar-refractivity contribution is 0.0474. The molecule has 2 fully saturated rings. The van der Waals surface area contributed by atoms with Gasteiger partial charge in [-0.3, -0.25) is 4.90 Å². The van der Waals surface area contributed by atoms with E-state index in [9.17, 15) is 4.79 Å². The third-order valence-corrected chi connectivity index (χ3v) is 7.78. The van der Waals surface area contributed by atoms with Crippen molar-refractivity contribution in [3.05, 3.63) is 64.8 Å². The normalized spacial score (nSPS) is 18.6. The van der Waals surface area contributed by atoms with E-state index >= 15 is 0 Å². The molecule has 1 saturated heterocycles. The summed E-state index contributed by atoms with van der Waals surface area (Å²) in [5.74, 6) is 1.15. The number of aryl methyl sites for hydroxylation is 1. The predicted octanol–water partition coefficient (Wildman–Crippen LogP) is 6.35. The summed E-state index contributed by atoms with van der Waals surface area (Å²) in [7, 11) is 0. The van der Waals surface area contributed by atoms with Gasteiger partial charge in [0.1, 0.15) is 18.5 Å². The number of benzene rings is 2. The van der Waals surface area contributed by atoms with Gasteiger partial charge >= 0.3 is 5.97 Å². The molecule has 5 nitrogen and oxygen atoms in total. The number of hydrogen-bond acceptors (Lipinski definition) is 4. The third-order valence-electron chi connectivity index (χ3n) is 7.78. The molecular formula is C29H36N2O3. The van der Waals surface area contributed by atoms with Crippen LogP contribution in [-0.4, -0.2) is 41.1 Å². The second-order valence-electron chi connectivity index (χ2n) is 10.1. The summed E-state index contributed by atoms with van der Waals surface area (Å²) in [6.07, 6.45) is 6.43. The van der Waals surface area contributed by atoms with Crippen molar-refractivity contribution in [3.8, 4) is 5.75 Å². The van der Waals surface area contributed by atoms with Gasteiger partial charge in [-0.05, 0) is 94.8 Å². The van der Waals surface area contributed by atoms with Gasteiger partial charge in [-0.2, -0.15) is 0 Å². The third kappa shape index (κ3) is 4.72. The van der Waals surface area contributed by atoms with Crippen molar-refractivity contribution in [2.24, 2.45) is 0 Å². The summed E-state index contributed by atoms with van der Waals surface area (Å²) < 4.78 is 12.1. The molecule has 2 aromatic carbocycles. The minimum Gasteiger partial charge on any atom is -0.489 e. The van der Waals surface area contributed by atoms with Crippen molar-refractivity contribution in [1.29, 1.82) is 0 Å². The highest BCUT2D eigenvalue weighted by atomic mass is 16.5. The van der Waals surface area contributed by atoms with E-state index in [0.29, 0.717) is 17.5 Å². The van der Waals surface area contributed by atoms with E-state index < -0.39 is 0 Å². The minimum absolute atomic E-state index is 0.0638. The van der Waals surface area contributed by atoms with Crippen LogP contribution in [0.4, 0.5) is 0 Å². The van der Waals surface area contributed by atoms with E-state index in [-0.39, 0.29) is 18.7 Å². The van der Waals surface area contributed by atoms with Crippen molar-refractivity contribution in [2.75, 3.05) is 13.1 Å². The quantitative estimate of drug-likeness (QED) is 0.398. The Morgan fingerprint density at radius 2 is 1.88 bits per heavy atom. The number of aromatic amines is 1. The SMILES string of the molecule is Cc1[nH]c2ccc(OC(C)C(C)N3CCCC3)cc2c1C(=O)OCc1cccc(C2CCC2)c1. The Morgan fingerprint density at radius 3 is 2.62 bits per heavy atom. The molecule has 1 aliphatic heterocycles. The average Bonchev–Trinajstić information content (AvgIpc) is 3.43. The largest absolute Gasteiger partial charge is 0.489 e. The second-order valence-corrected chi connectivity index (χ2v) is 10.1. The molecule has 0 radical (unpaired) electrons. The van der Waals surface area contributed by atoms with Crippen LogP contribution in [0, 0.1) is 6.92 Å². The molecule has 1 aliphatic carbocycles. The van der Waals surface area contributed by atoms with E-state index in [1.54, 1.807) is 0 Å². The van der Waals surface area contributed by atoms with E-state index in [0.717, 1.165) is 41.0 Å². The summed E-state index contributed by atoms with van der Waals surface area (Å²) in [4.78, 5) is 18.9. The first kappa shape index (κ1) is 23.0. The van der Waals surface area contributed by atoms with Crippen LogP contribution in [0.1, 0.15) is 79.0 Å². The number of rotatable bonds is 8. The zero-order chi connectivity index (χ0) is 23.7. The first-order valence-corrected chi connectivity index (χ1v) is 12.8. The highest BCUT2D eigenvalue weighted by Crippen LogP contribution is 2.36. The molecule has 5 heteroatoms. The first-order valence-electron chi connectivity index (χ1n) is 12.8. The van der Waals surface area contributed by atoms with Crippen LogP contribution >= 0.6 is 0 Å². The fraction of sp³-hybridized carbons (Fsp3) is 0.483. The maximum atomic E-state index is 13.1. The zero-order valence-electron chi connectivity index (χ0n) is 20.6. The van der Waals surface area contributed by atoms with E-state index in [4.69, 9.17) is 9.47 Å². The van der Waals surface area contributed by atoms with Crippen LogP contribution in [-0.2, 0) is 11.3 Å². The van der Waals surface area contributed by atoms with Gasteiger partial charge in [0.25, 0.3) is 0 Å². The number of fused-ring (bicyclic) bond motifs is 1. The van der Waals surface area contributed by atoms with Gasteiger partial charge in [-0.25, -0.2) is 4.79 Å². The number of carbonyl (C=O) groups excluding carboxylic acids is 1. The van der Waals surface area contributed by atoms with Gasteiger partial charge in [0.2, 0.25) is 0 Å². The standard InChI is InChI=1S/C29H36N2O3/c1-19-28(29(32)33-18-22-8-6-11-24(16-22)23-9-7-10-23)26-17-25(12-13-27(26)30-19)34-21(3)20(2)31-14-4-5-15-31/h6,8,11-13,16-17,20-21,23,30H,4-5,7,9-10,14-15,18H2,1-3H3.